The van der Waals surface area contributed by atoms with Crippen molar-refractivity contribution in [3.8, 4) is 0 Å². The molecule has 1 saturated carbocycles. The second kappa shape index (κ2) is 8.03. The van der Waals surface area contributed by atoms with E-state index in [0.717, 1.165) is 11.7 Å². The highest BCUT2D eigenvalue weighted by Crippen LogP contribution is 2.27. The van der Waals surface area contributed by atoms with Gasteiger partial charge < -0.3 is 9.73 Å². The number of hydrogen-bond acceptors (Lipinski definition) is 3. The quantitative estimate of drug-likeness (QED) is 0.783. The largest absolute Gasteiger partial charge is 0.464 e. The average Bonchev–Trinajstić information content (AvgIpc) is 2.91. The Hall–Kier alpha value is -0.550. The number of hydrogen-bond donors (Lipinski definition) is 1. The van der Waals surface area contributed by atoms with Gasteiger partial charge in [0.1, 0.15) is 11.5 Å². The lowest BCUT2D eigenvalue weighted by Gasteiger charge is -2.28. The van der Waals surface area contributed by atoms with Gasteiger partial charge in [0.15, 0.2) is 0 Å². The van der Waals surface area contributed by atoms with Crippen LogP contribution in [0.5, 0.6) is 0 Å². The molecule has 0 radical (unpaired) electrons. The summed E-state index contributed by atoms with van der Waals surface area (Å²) < 4.78 is 29.8. The highest BCUT2D eigenvalue weighted by molar-refractivity contribution is 7.98. The van der Waals surface area contributed by atoms with E-state index in [1.54, 1.807) is 6.07 Å². The summed E-state index contributed by atoms with van der Waals surface area (Å²) in [4.78, 5) is 0. The number of furan rings is 1. The summed E-state index contributed by atoms with van der Waals surface area (Å²) in [5, 5.41) is 3.53. The highest BCUT2D eigenvalue weighted by Gasteiger charge is 2.20. The summed E-state index contributed by atoms with van der Waals surface area (Å²) in [5.74, 6) is 0.209. The minimum atomic E-state index is -2.34. The Bertz CT molecular complexity index is 397. The van der Waals surface area contributed by atoms with Crippen LogP contribution in [0.4, 0.5) is 8.78 Å². The van der Waals surface area contributed by atoms with Gasteiger partial charge in [-0.3, -0.25) is 0 Å². The molecule has 5 heteroatoms. The van der Waals surface area contributed by atoms with E-state index in [0.29, 0.717) is 30.1 Å². The summed E-state index contributed by atoms with van der Waals surface area (Å²) in [6.07, 6.45) is 6.37. The lowest BCUT2D eigenvalue weighted by Crippen LogP contribution is -2.33. The molecule has 1 N–H and O–H groups in total. The minimum absolute atomic E-state index is 0.235. The van der Waals surface area contributed by atoms with E-state index in [-0.39, 0.29) is 5.75 Å². The van der Waals surface area contributed by atoms with Crippen molar-refractivity contribution in [3.63, 3.8) is 0 Å². The fraction of sp³-hybridized carbons (Fsp3) is 0.733. The molecule has 0 aliphatic heterocycles. The van der Waals surface area contributed by atoms with Crippen molar-refractivity contribution in [2.24, 2.45) is 5.92 Å². The molecule has 1 aliphatic rings. The molecule has 1 aromatic rings. The smallest absolute Gasteiger partial charge is 0.284 e. The normalized spacial score (nSPS) is 23.4. The maximum Gasteiger partial charge on any atom is 0.284 e. The zero-order valence-electron chi connectivity index (χ0n) is 11.9. The molecule has 2 rings (SSSR count). The lowest BCUT2D eigenvalue weighted by atomic mass is 9.84. The predicted octanol–water partition coefficient (Wildman–Crippen LogP) is 4.79. The predicted molar refractivity (Wildman–Crippen MR) is 78.9 cm³/mol. The van der Waals surface area contributed by atoms with Crippen molar-refractivity contribution in [2.45, 2.75) is 63.1 Å². The number of nitrogens with one attached hydrogen (secondary N) is 1. The van der Waals surface area contributed by atoms with Gasteiger partial charge >= 0.3 is 0 Å². The maximum absolute atomic E-state index is 12.1. The summed E-state index contributed by atoms with van der Waals surface area (Å²) >= 11 is 0.600. The Morgan fingerprint density at radius 2 is 2.15 bits per heavy atom. The molecule has 1 aromatic heterocycles. The molecule has 114 valence electrons. The Morgan fingerprint density at radius 3 is 2.90 bits per heavy atom. The second-order valence-corrected chi connectivity index (χ2v) is 6.44. The van der Waals surface area contributed by atoms with Crippen LogP contribution in [-0.2, 0) is 12.3 Å². The van der Waals surface area contributed by atoms with Crippen LogP contribution >= 0.6 is 11.8 Å². The second-order valence-electron chi connectivity index (χ2n) is 5.46. The zero-order chi connectivity index (χ0) is 14.4. The van der Waals surface area contributed by atoms with E-state index in [4.69, 9.17) is 4.42 Å². The average molecular weight is 303 g/mol. The van der Waals surface area contributed by atoms with Crippen molar-refractivity contribution in [3.05, 3.63) is 23.7 Å². The molecule has 2 unspecified atom stereocenters. The van der Waals surface area contributed by atoms with E-state index in [1.807, 2.05) is 6.07 Å². The third-order valence-corrected chi connectivity index (χ3v) is 4.70. The molecule has 2 atom stereocenters. The molecule has 0 bridgehead atoms. The Balaban J connectivity index is 1.73. The van der Waals surface area contributed by atoms with Crippen molar-refractivity contribution in [1.29, 1.82) is 0 Å². The van der Waals surface area contributed by atoms with E-state index in [9.17, 15) is 8.78 Å². The Labute approximate surface area is 123 Å². The van der Waals surface area contributed by atoms with Crippen LogP contribution in [0.15, 0.2) is 16.5 Å². The van der Waals surface area contributed by atoms with Gasteiger partial charge in [0.25, 0.3) is 5.76 Å². The molecule has 0 amide bonds. The number of halogens is 2. The van der Waals surface area contributed by atoms with Crippen molar-refractivity contribution in [1.82, 2.24) is 5.32 Å². The lowest BCUT2D eigenvalue weighted by molar-refractivity contribution is 0.251. The van der Waals surface area contributed by atoms with Crippen molar-refractivity contribution < 1.29 is 13.2 Å². The molecule has 0 spiro atoms. The maximum atomic E-state index is 12.1. The van der Waals surface area contributed by atoms with Crippen LogP contribution in [0.1, 0.15) is 50.5 Å². The van der Waals surface area contributed by atoms with E-state index in [2.05, 4.69) is 12.2 Å². The molecule has 1 aliphatic carbocycles. The van der Waals surface area contributed by atoms with Crippen molar-refractivity contribution >= 4 is 11.8 Å². The van der Waals surface area contributed by atoms with Gasteiger partial charge in [0.05, 0.1) is 12.3 Å². The first-order chi connectivity index (χ1) is 9.67. The first kappa shape index (κ1) is 15.8. The minimum Gasteiger partial charge on any atom is -0.464 e. The van der Waals surface area contributed by atoms with Crippen LogP contribution in [0.25, 0.3) is 0 Å². The van der Waals surface area contributed by atoms with Gasteiger partial charge in [0, 0.05) is 6.04 Å². The fourth-order valence-corrected chi connectivity index (χ4v) is 3.28. The number of alkyl halides is 2. The standard InChI is InChI=1S/C15H23F2NOS/c1-2-11-4-3-5-12(8-11)18-9-13-6-7-14(19-13)10-20-15(16)17/h6-7,11-12,15,18H,2-5,8-10H2,1H3. The topological polar surface area (TPSA) is 25.2 Å². The monoisotopic (exact) mass is 303 g/mol. The molecule has 2 nitrogen and oxygen atoms in total. The molecular formula is C15H23F2NOS. The summed E-state index contributed by atoms with van der Waals surface area (Å²) in [6, 6.07) is 4.24. The van der Waals surface area contributed by atoms with Crippen LogP contribution in [0, 0.1) is 5.92 Å². The van der Waals surface area contributed by atoms with Gasteiger partial charge in [0.2, 0.25) is 0 Å². The first-order valence-corrected chi connectivity index (χ1v) is 8.43. The first-order valence-electron chi connectivity index (χ1n) is 7.38. The van der Waals surface area contributed by atoms with Crippen LogP contribution in [0.3, 0.4) is 0 Å². The number of thioether (sulfide) groups is 1. The summed E-state index contributed by atoms with van der Waals surface area (Å²) in [5.41, 5.74) is 0. The summed E-state index contributed by atoms with van der Waals surface area (Å²) in [7, 11) is 0. The van der Waals surface area contributed by atoms with Gasteiger partial charge in [-0.15, -0.1) is 0 Å². The fourth-order valence-electron chi connectivity index (χ4n) is 2.83. The van der Waals surface area contributed by atoms with E-state index in [1.165, 1.54) is 32.1 Å². The van der Waals surface area contributed by atoms with Gasteiger partial charge in [-0.1, -0.05) is 37.9 Å². The Kier molecular flexibility index (Phi) is 6.36. The van der Waals surface area contributed by atoms with Crippen LogP contribution in [0.2, 0.25) is 0 Å². The van der Waals surface area contributed by atoms with Crippen LogP contribution < -0.4 is 5.32 Å². The van der Waals surface area contributed by atoms with Gasteiger partial charge in [-0.2, -0.15) is 8.78 Å². The van der Waals surface area contributed by atoms with Crippen molar-refractivity contribution in [2.75, 3.05) is 0 Å². The zero-order valence-corrected chi connectivity index (χ0v) is 12.7. The van der Waals surface area contributed by atoms with E-state index >= 15 is 0 Å². The Morgan fingerprint density at radius 1 is 1.35 bits per heavy atom. The highest BCUT2D eigenvalue weighted by atomic mass is 32.2. The third kappa shape index (κ3) is 5.09. The number of rotatable bonds is 7. The molecule has 1 heterocycles. The van der Waals surface area contributed by atoms with Gasteiger partial charge in [-0.25, -0.2) is 0 Å². The van der Waals surface area contributed by atoms with Crippen LogP contribution in [-0.4, -0.2) is 11.8 Å². The molecule has 0 saturated heterocycles. The molecule has 20 heavy (non-hydrogen) atoms. The third-order valence-electron chi connectivity index (χ3n) is 3.99. The molecule has 1 fully saturated rings. The molecular weight excluding hydrogens is 280 g/mol. The molecule has 0 aromatic carbocycles. The van der Waals surface area contributed by atoms with E-state index < -0.39 is 5.76 Å². The summed E-state index contributed by atoms with van der Waals surface area (Å²) in [6.45, 7) is 2.95. The SMILES string of the molecule is CCC1CCCC(NCc2ccc(CSC(F)F)o2)C1. The van der Waals surface area contributed by atoms with Gasteiger partial charge in [-0.05, 0) is 30.9 Å².